The van der Waals surface area contributed by atoms with Crippen LogP contribution in [0.5, 0.6) is 0 Å². The first kappa shape index (κ1) is 82.9. The predicted octanol–water partition coefficient (Wildman–Crippen LogP) is 25.7. The van der Waals surface area contributed by atoms with E-state index in [4.69, 9.17) is 4.74 Å². The van der Waals surface area contributed by atoms with Crippen molar-refractivity contribution < 1.29 is 24.5 Å². The molecule has 0 spiro atoms. The molecule has 0 aromatic carbocycles. The molecule has 0 fully saturated rings. The lowest BCUT2D eigenvalue weighted by Crippen LogP contribution is -2.45. The molecule has 0 aromatic heterocycles. The number of carbonyl (C=O) groups excluding carboxylic acids is 2. The van der Waals surface area contributed by atoms with Crippen LogP contribution in [0.25, 0.3) is 0 Å². The maximum Gasteiger partial charge on any atom is 0.305 e. The van der Waals surface area contributed by atoms with Gasteiger partial charge in [-0.3, -0.25) is 9.59 Å². The van der Waals surface area contributed by atoms with E-state index in [0.29, 0.717) is 25.9 Å². The second-order valence-electron chi connectivity index (χ2n) is 27.4. The van der Waals surface area contributed by atoms with Gasteiger partial charge in [-0.2, -0.15) is 0 Å². The van der Waals surface area contributed by atoms with Gasteiger partial charge in [0.25, 0.3) is 0 Å². The molecule has 0 aliphatic carbocycles. The summed E-state index contributed by atoms with van der Waals surface area (Å²) < 4.78 is 5.51. The van der Waals surface area contributed by atoms with Gasteiger partial charge in [0.15, 0.2) is 0 Å². The van der Waals surface area contributed by atoms with E-state index in [9.17, 15) is 19.8 Å². The second-order valence-corrected chi connectivity index (χ2v) is 27.4. The molecule has 2 atom stereocenters. The molecule has 1 amide bonds. The van der Waals surface area contributed by atoms with Gasteiger partial charge in [-0.15, -0.1) is 0 Å². The van der Waals surface area contributed by atoms with Gasteiger partial charge in [0.05, 0.1) is 25.4 Å². The lowest BCUT2D eigenvalue weighted by atomic mass is 10.0. The average molecular weight is 1190 g/mol. The Hall–Kier alpha value is -1.14. The largest absolute Gasteiger partial charge is 0.466 e. The lowest BCUT2D eigenvalue weighted by molar-refractivity contribution is -0.143. The molecule has 0 saturated heterocycles. The fourth-order valence-electron chi connectivity index (χ4n) is 12.9. The van der Waals surface area contributed by atoms with Gasteiger partial charge in [-0.05, 0) is 25.7 Å². The molecule has 0 aliphatic heterocycles. The van der Waals surface area contributed by atoms with E-state index < -0.39 is 12.1 Å². The van der Waals surface area contributed by atoms with Crippen LogP contribution in [0.15, 0.2) is 0 Å². The number of aliphatic hydroxyl groups is 2. The molecule has 6 nitrogen and oxygen atoms in total. The summed E-state index contributed by atoms with van der Waals surface area (Å²) >= 11 is 0. The fourth-order valence-corrected chi connectivity index (χ4v) is 12.9. The van der Waals surface area contributed by atoms with Crippen LogP contribution < -0.4 is 5.32 Å². The van der Waals surface area contributed by atoms with Gasteiger partial charge in [-0.1, -0.05) is 425 Å². The van der Waals surface area contributed by atoms with Crippen LogP contribution in [0.4, 0.5) is 0 Å². The molecule has 2 unspecified atom stereocenters. The summed E-state index contributed by atoms with van der Waals surface area (Å²) in [6.45, 7) is 5.01. The highest BCUT2D eigenvalue weighted by atomic mass is 16.5. The molecule has 0 rings (SSSR count). The Labute approximate surface area is 527 Å². The maximum absolute atomic E-state index is 12.5. The number of hydrogen-bond donors (Lipinski definition) is 3. The van der Waals surface area contributed by atoms with Crippen molar-refractivity contribution >= 4 is 11.9 Å². The predicted molar refractivity (Wildman–Crippen MR) is 371 cm³/mol. The fraction of sp³-hybridized carbons (Fsp3) is 0.974. The molecule has 84 heavy (non-hydrogen) atoms. The molecule has 3 N–H and O–H groups in total. The van der Waals surface area contributed by atoms with Crippen molar-refractivity contribution in [2.75, 3.05) is 13.2 Å². The Bertz CT molecular complexity index is 1230. The smallest absolute Gasteiger partial charge is 0.305 e. The van der Waals surface area contributed by atoms with Gasteiger partial charge in [0, 0.05) is 12.8 Å². The highest BCUT2D eigenvalue weighted by Gasteiger charge is 2.20. The second kappa shape index (κ2) is 74.3. The SMILES string of the molecule is CCCCCCCCCCCCCCCCCCC(=O)OCCCCCCCCCCCCCCCCCCCCCCCCCCCCCCCCCCCCCCCC(=O)NC(CO)C(O)CCCCCCCCCCCCCCCC. The molecule has 0 aliphatic rings. The standard InChI is InChI=1S/C78H155NO5/c1-3-5-7-9-11-13-15-17-19-44-48-52-56-60-64-68-72-78(83)84-73-69-65-61-57-53-49-45-42-40-38-36-34-32-30-28-26-24-22-20-21-23-25-27-29-31-33-35-37-39-41-43-47-51-55-59-63-67-71-77(82)79-75(74-80)76(81)70-66-62-58-54-50-46-18-16-14-12-10-8-6-4-2/h75-76,80-81H,3-74H2,1-2H3,(H,79,82). The van der Waals surface area contributed by atoms with E-state index in [-0.39, 0.29) is 18.5 Å². The Morgan fingerprint density at radius 2 is 0.488 bits per heavy atom. The zero-order chi connectivity index (χ0) is 60.6. The number of amides is 1. The molecule has 0 saturated carbocycles. The van der Waals surface area contributed by atoms with E-state index in [1.807, 2.05) is 0 Å². The van der Waals surface area contributed by atoms with Crippen LogP contribution in [0.2, 0.25) is 0 Å². The Morgan fingerprint density at radius 3 is 0.726 bits per heavy atom. The molecule has 0 aromatic rings. The maximum atomic E-state index is 12.5. The Morgan fingerprint density at radius 1 is 0.286 bits per heavy atom. The monoisotopic (exact) mass is 1190 g/mol. The van der Waals surface area contributed by atoms with Crippen LogP contribution in [-0.4, -0.2) is 47.4 Å². The summed E-state index contributed by atoms with van der Waals surface area (Å²) in [5.41, 5.74) is 0. The molecule has 0 radical (unpaired) electrons. The van der Waals surface area contributed by atoms with E-state index in [2.05, 4.69) is 19.2 Å². The van der Waals surface area contributed by atoms with Crippen molar-refractivity contribution in [3.05, 3.63) is 0 Å². The highest BCUT2D eigenvalue weighted by molar-refractivity contribution is 5.76. The summed E-state index contributed by atoms with van der Waals surface area (Å²) in [4.78, 5) is 24.6. The topological polar surface area (TPSA) is 95.9 Å². The number of unbranched alkanes of at least 4 members (excludes halogenated alkanes) is 64. The number of carbonyl (C=O) groups is 2. The average Bonchev–Trinajstić information content (AvgIpc) is 3.51. The van der Waals surface area contributed by atoms with Crippen molar-refractivity contribution in [2.45, 2.75) is 475 Å². The van der Waals surface area contributed by atoms with Crippen LogP contribution >= 0.6 is 0 Å². The van der Waals surface area contributed by atoms with Crippen molar-refractivity contribution in [1.29, 1.82) is 0 Å². The number of nitrogens with one attached hydrogen (secondary N) is 1. The first-order valence-electron chi connectivity index (χ1n) is 39.3. The van der Waals surface area contributed by atoms with E-state index >= 15 is 0 Å². The quantitative estimate of drug-likeness (QED) is 0.0417. The van der Waals surface area contributed by atoms with Crippen molar-refractivity contribution in [3.8, 4) is 0 Å². The lowest BCUT2D eigenvalue weighted by Gasteiger charge is -2.22. The van der Waals surface area contributed by atoms with Crippen molar-refractivity contribution in [2.24, 2.45) is 0 Å². The zero-order valence-electron chi connectivity index (χ0n) is 57.7. The third-order valence-electron chi connectivity index (χ3n) is 18.9. The minimum atomic E-state index is -0.659. The minimum absolute atomic E-state index is 0.0254. The number of hydrogen-bond acceptors (Lipinski definition) is 5. The Kier molecular flexibility index (Phi) is 73.3. The number of ether oxygens (including phenoxy) is 1. The van der Waals surface area contributed by atoms with Crippen LogP contribution in [-0.2, 0) is 14.3 Å². The van der Waals surface area contributed by atoms with E-state index in [1.54, 1.807) is 0 Å². The first-order valence-corrected chi connectivity index (χ1v) is 39.3. The van der Waals surface area contributed by atoms with Crippen LogP contribution in [0.1, 0.15) is 463 Å². The zero-order valence-corrected chi connectivity index (χ0v) is 57.7. The number of esters is 1. The summed E-state index contributed by atoms with van der Waals surface area (Å²) in [5, 5.41) is 23.3. The van der Waals surface area contributed by atoms with Gasteiger partial charge < -0.3 is 20.3 Å². The van der Waals surface area contributed by atoms with Gasteiger partial charge in [-0.25, -0.2) is 0 Å². The number of aliphatic hydroxyl groups excluding tert-OH is 2. The molecular formula is C78H155NO5. The molecule has 0 heterocycles. The summed E-state index contributed by atoms with van der Waals surface area (Å²) in [6, 6.07) is -0.535. The third-order valence-corrected chi connectivity index (χ3v) is 18.9. The van der Waals surface area contributed by atoms with E-state index in [0.717, 1.165) is 38.5 Å². The van der Waals surface area contributed by atoms with Gasteiger partial charge >= 0.3 is 5.97 Å². The molecule has 502 valence electrons. The van der Waals surface area contributed by atoms with Gasteiger partial charge in [0.1, 0.15) is 0 Å². The normalized spacial score (nSPS) is 12.4. The van der Waals surface area contributed by atoms with Crippen LogP contribution in [0.3, 0.4) is 0 Å². The number of rotatable bonds is 75. The molecular weight excluding hydrogens is 1030 g/mol. The minimum Gasteiger partial charge on any atom is -0.466 e. The molecule has 6 heteroatoms. The van der Waals surface area contributed by atoms with Crippen molar-refractivity contribution in [3.63, 3.8) is 0 Å². The van der Waals surface area contributed by atoms with E-state index in [1.165, 1.54) is 392 Å². The highest BCUT2D eigenvalue weighted by Crippen LogP contribution is 2.21. The Balaban J connectivity index is 3.27. The summed E-state index contributed by atoms with van der Waals surface area (Å²) in [6.07, 6.45) is 92.1. The summed E-state index contributed by atoms with van der Waals surface area (Å²) in [5.74, 6) is 0.00273. The van der Waals surface area contributed by atoms with Crippen molar-refractivity contribution in [1.82, 2.24) is 5.32 Å². The first-order chi connectivity index (χ1) is 41.5. The molecule has 0 bridgehead atoms. The van der Waals surface area contributed by atoms with Crippen LogP contribution in [0, 0.1) is 0 Å². The third kappa shape index (κ3) is 70.0. The van der Waals surface area contributed by atoms with Gasteiger partial charge in [0.2, 0.25) is 5.91 Å². The summed E-state index contributed by atoms with van der Waals surface area (Å²) in [7, 11) is 0.